The van der Waals surface area contributed by atoms with Crippen LogP contribution in [0.2, 0.25) is 0 Å². The average molecular weight is 352 g/mol. The highest BCUT2D eigenvalue weighted by Crippen LogP contribution is 2.29. The van der Waals surface area contributed by atoms with Gasteiger partial charge < -0.3 is 10.1 Å². The van der Waals surface area contributed by atoms with Crippen LogP contribution in [-0.2, 0) is 12.4 Å². The van der Waals surface area contributed by atoms with Gasteiger partial charge in [-0.25, -0.2) is 4.98 Å². The number of hydrogen-bond acceptors (Lipinski definition) is 5. The van der Waals surface area contributed by atoms with E-state index in [4.69, 9.17) is 4.74 Å². The van der Waals surface area contributed by atoms with Crippen molar-refractivity contribution in [2.75, 3.05) is 18.5 Å². The molecule has 0 amide bonds. The topological polar surface area (TPSA) is 59.9 Å². The number of aromatic nitrogens is 3. The summed E-state index contributed by atoms with van der Waals surface area (Å²) in [7, 11) is 0. The van der Waals surface area contributed by atoms with Gasteiger partial charge in [0, 0.05) is 12.3 Å². The minimum Gasteiger partial charge on any atom is -0.476 e. The minimum absolute atomic E-state index is 0.0108. The van der Waals surface area contributed by atoms with Crippen molar-refractivity contribution < 1.29 is 31.1 Å². The molecule has 2 rings (SSSR count). The maximum atomic E-state index is 12.3. The van der Waals surface area contributed by atoms with Gasteiger partial charge in [-0.1, -0.05) is 0 Å². The van der Waals surface area contributed by atoms with Crippen LogP contribution in [0.25, 0.3) is 0 Å². The smallest absolute Gasteiger partial charge is 0.435 e. The Morgan fingerprint density at radius 1 is 0.917 bits per heavy atom. The predicted octanol–water partition coefficient (Wildman–Crippen LogP) is 3.40. The van der Waals surface area contributed by atoms with Crippen LogP contribution in [0.15, 0.2) is 30.5 Å². The summed E-state index contributed by atoms with van der Waals surface area (Å²) in [4.78, 5) is 3.51. The molecule has 24 heavy (non-hydrogen) atoms. The number of nitrogens with zero attached hydrogens (tertiary/aromatic N) is 3. The molecule has 0 unspecified atom stereocenters. The first kappa shape index (κ1) is 17.8. The fraction of sp³-hybridized carbons (Fsp3) is 0.308. The summed E-state index contributed by atoms with van der Waals surface area (Å²) in [6.07, 6.45) is -8.40. The molecule has 0 saturated carbocycles. The largest absolute Gasteiger partial charge is 0.476 e. The monoisotopic (exact) mass is 352 g/mol. The van der Waals surface area contributed by atoms with Gasteiger partial charge in [-0.2, -0.15) is 26.3 Å². The molecule has 130 valence electrons. The van der Waals surface area contributed by atoms with Crippen LogP contribution < -0.4 is 10.1 Å². The Kier molecular flexibility index (Phi) is 5.10. The van der Waals surface area contributed by atoms with E-state index in [2.05, 4.69) is 20.5 Å². The number of alkyl halides is 6. The van der Waals surface area contributed by atoms with Crippen LogP contribution in [0, 0.1) is 0 Å². The summed E-state index contributed by atoms with van der Waals surface area (Å²) in [5, 5.41) is 9.03. The van der Waals surface area contributed by atoms with E-state index >= 15 is 0 Å². The number of hydrogen-bond donors (Lipinski definition) is 1. The third-order valence-corrected chi connectivity index (χ3v) is 2.68. The van der Waals surface area contributed by atoms with Crippen LogP contribution in [0.1, 0.15) is 11.3 Å². The molecular weight excluding hydrogens is 342 g/mol. The Morgan fingerprint density at radius 2 is 1.67 bits per heavy atom. The Balaban J connectivity index is 1.79. The zero-order valence-corrected chi connectivity index (χ0v) is 11.8. The van der Waals surface area contributed by atoms with Crippen molar-refractivity contribution >= 4 is 5.82 Å². The summed E-state index contributed by atoms with van der Waals surface area (Å²) in [6.45, 7) is 0.157. The molecular formula is C13H10F6N4O. The Bertz CT molecular complexity index is 595. The molecule has 2 aromatic rings. The van der Waals surface area contributed by atoms with Crippen molar-refractivity contribution in [2.45, 2.75) is 12.4 Å². The third-order valence-electron chi connectivity index (χ3n) is 2.68. The molecule has 0 aliphatic heterocycles. The summed E-state index contributed by atoms with van der Waals surface area (Å²) >= 11 is 0. The van der Waals surface area contributed by atoms with Gasteiger partial charge in [0.25, 0.3) is 0 Å². The molecule has 0 fully saturated rings. The quantitative estimate of drug-likeness (QED) is 0.660. The van der Waals surface area contributed by atoms with E-state index in [0.717, 1.165) is 24.3 Å². The van der Waals surface area contributed by atoms with Crippen molar-refractivity contribution in [1.29, 1.82) is 0 Å². The van der Waals surface area contributed by atoms with Crippen molar-refractivity contribution in [3.8, 4) is 5.88 Å². The van der Waals surface area contributed by atoms with Gasteiger partial charge in [0.2, 0.25) is 5.88 Å². The Labute approximate surface area is 131 Å². The highest BCUT2D eigenvalue weighted by atomic mass is 19.4. The van der Waals surface area contributed by atoms with Crippen LogP contribution in [-0.4, -0.2) is 28.3 Å². The van der Waals surface area contributed by atoms with Crippen molar-refractivity contribution in [3.05, 3.63) is 41.7 Å². The van der Waals surface area contributed by atoms with Crippen molar-refractivity contribution in [3.63, 3.8) is 0 Å². The number of rotatable bonds is 5. The zero-order valence-electron chi connectivity index (χ0n) is 11.8. The molecule has 0 aliphatic carbocycles. The zero-order chi connectivity index (χ0) is 17.8. The number of nitrogens with one attached hydrogen (secondary N) is 1. The lowest BCUT2D eigenvalue weighted by Crippen LogP contribution is -2.15. The van der Waals surface area contributed by atoms with E-state index in [1.807, 2.05) is 0 Å². The van der Waals surface area contributed by atoms with Crippen molar-refractivity contribution in [1.82, 2.24) is 15.2 Å². The van der Waals surface area contributed by atoms with E-state index < -0.39 is 23.6 Å². The third kappa shape index (κ3) is 4.96. The maximum absolute atomic E-state index is 12.3. The average Bonchev–Trinajstić information content (AvgIpc) is 2.51. The van der Waals surface area contributed by atoms with E-state index in [-0.39, 0.29) is 24.8 Å². The van der Waals surface area contributed by atoms with Crippen LogP contribution in [0.5, 0.6) is 5.88 Å². The van der Waals surface area contributed by atoms with Gasteiger partial charge in [-0.15, -0.1) is 10.2 Å². The Hall–Kier alpha value is -2.59. The highest BCUT2D eigenvalue weighted by Gasteiger charge is 2.33. The molecule has 2 heterocycles. The molecule has 2 aromatic heterocycles. The van der Waals surface area contributed by atoms with E-state index in [1.54, 1.807) is 0 Å². The number of anilines is 1. The van der Waals surface area contributed by atoms with Gasteiger partial charge in [0.05, 0.1) is 12.1 Å². The molecule has 0 bridgehead atoms. The summed E-state index contributed by atoms with van der Waals surface area (Å²) < 4.78 is 79.0. The van der Waals surface area contributed by atoms with Gasteiger partial charge >= 0.3 is 12.4 Å². The molecule has 0 aromatic carbocycles. The number of pyridine rings is 1. The fourth-order valence-electron chi connectivity index (χ4n) is 1.55. The maximum Gasteiger partial charge on any atom is 0.435 e. The van der Waals surface area contributed by atoms with E-state index in [1.165, 1.54) is 0 Å². The number of ether oxygens (including phenoxy) is 1. The molecule has 11 heteroatoms. The Morgan fingerprint density at radius 3 is 2.17 bits per heavy atom. The van der Waals surface area contributed by atoms with Crippen LogP contribution >= 0.6 is 0 Å². The summed E-state index contributed by atoms with van der Waals surface area (Å²) in [6, 6.07) is 3.78. The van der Waals surface area contributed by atoms with E-state index in [9.17, 15) is 26.3 Å². The molecule has 0 spiro atoms. The van der Waals surface area contributed by atoms with Gasteiger partial charge in [0.15, 0.2) is 5.69 Å². The normalized spacial score (nSPS) is 12.1. The van der Waals surface area contributed by atoms with Gasteiger partial charge in [-0.05, 0) is 18.2 Å². The van der Waals surface area contributed by atoms with Crippen LogP contribution in [0.4, 0.5) is 32.2 Å². The van der Waals surface area contributed by atoms with Gasteiger partial charge in [-0.3, -0.25) is 0 Å². The molecule has 0 radical (unpaired) electrons. The fourth-order valence-corrected chi connectivity index (χ4v) is 1.55. The van der Waals surface area contributed by atoms with Gasteiger partial charge in [0.1, 0.15) is 12.4 Å². The molecule has 5 nitrogen and oxygen atoms in total. The SMILES string of the molecule is FC(F)(F)c1ccc(OCCNc2ccc(C(F)(F)F)nn2)nc1. The first-order valence-electron chi connectivity index (χ1n) is 6.47. The minimum atomic E-state index is -4.57. The molecule has 1 N–H and O–H groups in total. The molecule has 0 saturated heterocycles. The second kappa shape index (κ2) is 6.89. The summed E-state index contributed by atoms with van der Waals surface area (Å²) in [5.41, 5.74) is -2.01. The lowest BCUT2D eigenvalue weighted by atomic mass is 10.3. The predicted molar refractivity (Wildman–Crippen MR) is 70.3 cm³/mol. The second-order valence-corrected chi connectivity index (χ2v) is 4.46. The van der Waals surface area contributed by atoms with Crippen molar-refractivity contribution in [2.24, 2.45) is 0 Å². The van der Waals surface area contributed by atoms with E-state index in [0.29, 0.717) is 6.20 Å². The second-order valence-electron chi connectivity index (χ2n) is 4.46. The lowest BCUT2D eigenvalue weighted by Gasteiger charge is -2.09. The first-order chi connectivity index (χ1) is 11.2. The number of halogens is 6. The van der Waals surface area contributed by atoms with Crippen LogP contribution in [0.3, 0.4) is 0 Å². The highest BCUT2D eigenvalue weighted by molar-refractivity contribution is 5.33. The summed E-state index contributed by atoms with van der Waals surface area (Å²) in [5.74, 6) is 0.0929. The molecule has 0 aliphatic rings. The lowest BCUT2D eigenvalue weighted by molar-refractivity contribution is -0.141. The standard InChI is InChI=1S/C13H10F6N4O/c14-12(15,16)8-1-4-11(21-7-8)24-6-5-20-10-3-2-9(22-23-10)13(17,18)19/h1-4,7H,5-6H2,(H,20,23). The molecule has 0 atom stereocenters. The first-order valence-corrected chi connectivity index (χ1v) is 6.47.